The summed E-state index contributed by atoms with van der Waals surface area (Å²) < 4.78 is 8.22. The summed E-state index contributed by atoms with van der Waals surface area (Å²) in [4.78, 5) is 0. The maximum absolute atomic E-state index is 5.67. The minimum Gasteiger partial charge on any atom is -0.487 e. The first kappa shape index (κ1) is 11.0. The van der Waals surface area contributed by atoms with E-state index >= 15 is 0 Å². The van der Waals surface area contributed by atoms with Crippen molar-refractivity contribution in [1.82, 2.24) is 9.78 Å². The van der Waals surface area contributed by atoms with Gasteiger partial charge < -0.3 is 10.5 Å². The summed E-state index contributed by atoms with van der Waals surface area (Å²) in [6, 6.07) is 9.47. The Morgan fingerprint density at radius 2 is 2.06 bits per heavy atom. The average Bonchev–Trinajstić information content (AvgIpc) is 2.58. The minimum atomic E-state index is 0.423. The normalized spacial score (nSPS) is 10.4. The molecule has 2 N–H and O–H groups in total. The molecule has 0 saturated carbocycles. The first-order valence-electron chi connectivity index (χ1n) is 4.82. The lowest BCUT2D eigenvalue weighted by molar-refractivity contribution is 0.300. The summed E-state index contributed by atoms with van der Waals surface area (Å²) in [5, 5.41) is 4.20. The minimum absolute atomic E-state index is 0.423. The van der Waals surface area contributed by atoms with Crippen molar-refractivity contribution >= 4 is 21.7 Å². The molecule has 0 aliphatic carbocycles. The molecule has 0 aliphatic heterocycles. The SMILES string of the molecule is Cn1nc(COc2ccc(Br)cc2)cc1N. The molecule has 84 valence electrons. The number of nitrogen functional groups attached to an aromatic ring is 1. The highest BCUT2D eigenvalue weighted by molar-refractivity contribution is 9.10. The molecule has 0 spiro atoms. The number of anilines is 1. The monoisotopic (exact) mass is 281 g/mol. The van der Waals surface area contributed by atoms with E-state index in [0.717, 1.165) is 15.9 Å². The lowest BCUT2D eigenvalue weighted by atomic mass is 10.3. The maximum Gasteiger partial charge on any atom is 0.132 e. The lowest BCUT2D eigenvalue weighted by Gasteiger charge is -2.03. The topological polar surface area (TPSA) is 53.1 Å². The van der Waals surface area contributed by atoms with E-state index in [2.05, 4.69) is 21.0 Å². The predicted octanol–water partition coefficient (Wildman–Crippen LogP) is 2.34. The first-order chi connectivity index (χ1) is 7.65. The molecule has 0 amide bonds. The van der Waals surface area contributed by atoms with Gasteiger partial charge >= 0.3 is 0 Å². The zero-order valence-corrected chi connectivity index (χ0v) is 10.4. The molecule has 2 aromatic rings. The van der Waals surface area contributed by atoms with E-state index in [1.54, 1.807) is 17.8 Å². The Hall–Kier alpha value is -1.49. The standard InChI is InChI=1S/C11H12BrN3O/c1-15-11(13)6-9(14-15)7-16-10-4-2-8(12)3-5-10/h2-6H,7,13H2,1H3. The van der Waals surface area contributed by atoms with Gasteiger partial charge in [0.15, 0.2) is 0 Å². The van der Waals surface area contributed by atoms with Crippen molar-refractivity contribution in [2.24, 2.45) is 7.05 Å². The van der Waals surface area contributed by atoms with Crippen LogP contribution in [0, 0.1) is 0 Å². The fourth-order valence-corrected chi connectivity index (χ4v) is 1.57. The van der Waals surface area contributed by atoms with Crippen LogP contribution in [0.1, 0.15) is 5.69 Å². The van der Waals surface area contributed by atoms with Crippen molar-refractivity contribution in [2.45, 2.75) is 6.61 Å². The number of nitrogens with zero attached hydrogens (tertiary/aromatic N) is 2. The van der Waals surface area contributed by atoms with Gasteiger partial charge in [0.1, 0.15) is 23.9 Å². The smallest absolute Gasteiger partial charge is 0.132 e. The number of benzene rings is 1. The molecule has 0 atom stereocenters. The average molecular weight is 282 g/mol. The summed E-state index contributed by atoms with van der Waals surface area (Å²) in [6.45, 7) is 0.423. The highest BCUT2D eigenvalue weighted by atomic mass is 79.9. The lowest BCUT2D eigenvalue weighted by Crippen LogP contribution is -1.99. The van der Waals surface area contributed by atoms with Gasteiger partial charge in [0.25, 0.3) is 0 Å². The maximum atomic E-state index is 5.67. The zero-order chi connectivity index (χ0) is 11.5. The van der Waals surface area contributed by atoms with Crippen molar-refractivity contribution in [3.8, 4) is 5.75 Å². The van der Waals surface area contributed by atoms with Crippen molar-refractivity contribution in [3.05, 3.63) is 40.5 Å². The molecule has 0 aliphatic rings. The summed E-state index contributed by atoms with van der Waals surface area (Å²) in [5.74, 6) is 1.45. The first-order valence-corrected chi connectivity index (χ1v) is 5.61. The van der Waals surface area contributed by atoms with Crippen molar-refractivity contribution < 1.29 is 4.74 Å². The summed E-state index contributed by atoms with van der Waals surface area (Å²) >= 11 is 3.37. The molecule has 1 heterocycles. The fraction of sp³-hybridized carbons (Fsp3) is 0.182. The summed E-state index contributed by atoms with van der Waals surface area (Å²) in [5.41, 5.74) is 6.49. The number of hydrogen-bond donors (Lipinski definition) is 1. The molecule has 1 aromatic carbocycles. The Morgan fingerprint density at radius 1 is 1.38 bits per heavy atom. The van der Waals surface area contributed by atoms with Gasteiger partial charge in [-0.1, -0.05) is 15.9 Å². The van der Waals surface area contributed by atoms with E-state index in [1.165, 1.54) is 0 Å². The second kappa shape index (κ2) is 4.57. The number of ether oxygens (including phenoxy) is 1. The third-order valence-electron chi connectivity index (χ3n) is 2.17. The molecular weight excluding hydrogens is 270 g/mol. The largest absolute Gasteiger partial charge is 0.487 e. The highest BCUT2D eigenvalue weighted by Crippen LogP contribution is 2.17. The van der Waals surface area contributed by atoms with Crippen molar-refractivity contribution in [3.63, 3.8) is 0 Å². The van der Waals surface area contributed by atoms with Gasteiger partial charge in [0.2, 0.25) is 0 Å². The second-order valence-electron chi connectivity index (χ2n) is 3.43. The van der Waals surface area contributed by atoms with E-state index in [-0.39, 0.29) is 0 Å². The van der Waals surface area contributed by atoms with Gasteiger partial charge in [0.05, 0.1) is 0 Å². The van der Waals surface area contributed by atoms with Gasteiger partial charge in [-0.25, -0.2) is 0 Å². The molecule has 5 heteroatoms. The van der Waals surface area contributed by atoms with E-state index in [1.807, 2.05) is 24.3 Å². The second-order valence-corrected chi connectivity index (χ2v) is 4.34. The van der Waals surface area contributed by atoms with Crippen LogP contribution in [0.4, 0.5) is 5.82 Å². The number of rotatable bonds is 3. The highest BCUT2D eigenvalue weighted by Gasteiger charge is 2.02. The molecule has 0 bridgehead atoms. The van der Waals surface area contributed by atoms with E-state index in [4.69, 9.17) is 10.5 Å². The quantitative estimate of drug-likeness (QED) is 0.940. The fourth-order valence-electron chi connectivity index (χ4n) is 1.30. The number of aryl methyl sites for hydroxylation is 1. The van der Waals surface area contributed by atoms with Gasteiger partial charge in [-0.3, -0.25) is 4.68 Å². The van der Waals surface area contributed by atoms with Crippen LogP contribution in [0.15, 0.2) is 34.8 Å². The molecule has 1 aromatic heterocycles. The van der Waals surface area contributed by atoms with Crippen molar-refractivity contribution in [1.29, 1.82) is 0 Å². The molecular formula is C11H12BrN3O. The van der Waals surface area contributed by atoms with Crippen LogP contribution in [0.3, 0.4) is 0 Å². The van der Waals surface area contributed by atoms with Gasteiger partial charge in [0, 0.05) is 17.6 Å². The third kappa shape index (κ3) is 2.55. The predicted molar refractivity (Wildman–Crippen MR) is 66.1 cm³/mol. The molecule has 0 saturated heterocycles. The Morgan fingerprint density at radius 3 is 2.62 bits per heavy atom. The molecule has 16 heavy (non-hydrogen) atoms. The molecule has 4 nitrogen and oxygen atoms in total. The number of nitrogens with two attached hydrogens (primary N) is 1. The third-order valence-corrected chi connectivity index (χ3v) is 2.70. The van der Waals surface area contributed by atoms with Crippen LogP contribution in [-0.4, -0.2) is 9.78 Å². The molecule has 0 fully saturated rings. The number of hydrogen-bond acceptors (Lipinski definition) is 3. The summed E-state index contributed by atoms with van der Waals surface area (Å²) in [6.07, 6.45) is 0. The van der Waals surface area contributed by atoms with Crippen LogP contribution in [-0.2, 0) is 13.7 Å². The Bertz CT molecular complexity index is 459. The Labute approximate surface area is 102 Å². The van der Waals surface area contributed by atoms with Crippen LogP contribution < -0.4 is 10.5 Å². The van der Waals surface area contributed by atoms with Gasteiger partial charge in [-0.05, 0) is 24.3 Å². The Balaban J connectivity index is 1.99. The van der Waals surface area contributed by atoms with E-state index < -0.39 is 0 Å². The van der Waals surface area contributed by atoms with Gasteiger partial charge in [-0.15, -0.1) is 0 Å². The Kier molecular flexibility index (Phi) is 3.14. The van der Waals surface area contributed by atoms with Crippen LogP contribution in [0.5, 0.6) is 5.75 Å². The number of aromatic nitrogens is 2. The molecule has 0 unspecified atom stereocenters. The molecule has 2 rings (SSSR count). The van der Waals surface area contributed by atoms with Crippen LogP contribution in [0.2, 0.25) is 0 Å². The van der Waals surface area contributed by atoms with Crippen molar-refractivity contribution in [2.75, 3.05) is 5.73 Å². The zero-order valence-electron chi connectivity index (χ0n) is 8.85. The van der Waals surface area contributed by atoms with Gasteiger partial charge in [-0.2, -0.15) is 5.10 Å². The van der Waals surface area contributed by atoms with E-state index in [0.29, 0.717) is 12.4 Å². The molecule has 0 radical (unpaired) electrons. The number of halogens is 1. The van der Waals surface area contributed by atoms with Crippen LogP contribution >= 0.6 is 15.9 Å². The van der Waals surface area contributed by atoms with Crippen LogP contribution in [0.25, 0.3) is 0 Å². The summed E-state index contributed by atoms with van der Waals surface area (Å²) in [7, 11) is 1.80. The van der Waals surface area contributed by atoms with E-state index in [9.17, 15) is 0 Å².